The molecule has 2 heteroatoms. The van der Waals surface area contributed by atoms with Gasteiger partial charge in [0.2, 0.25) is 0 Å². The van der Waals surface area contributed by atoms with Crippen LogP contribution in [0.3, 0.4) is 0 Å². The van der Waals surface area contributed by atoms with Gasteiger partial charge in [0.05, 0.1) is 6.10 Å². The molecule has 110 valence electrons. The second kappa shape index (κ2) is 7.11. The Morgan fingerprint density at radius 1 is 1.15 bits per heavy atom. The minimum atomic E-state index is -1.53. The van der Waals surface area contributed by atoms with Crippen LogP contribution in [0.5, 0.6) is 0 Å². The Labute approximate surface area is 125 Å². The van der Waals surface area contributed by atoms with Crippen LogP contribution >= 0.6 is 0 Å². The normalized spacial score (nSPS) is 13.5. The zero-order chi connectivity index (χ0) is 15.2. The Kier molecular flexibility index (Phi) is 6.04. The predicted octanol–water partition coefficient (Wildman–Crippen LogP) is 4.42. The summed E-state index contributed by atoms with van der Waals surface area (Å²) in [5.74, 6) is 3.23. The highest BCUT2D eigenvalue weighted by Crippen LogP contribution is 2.35. The van der Waals surface area contributed by atoms with E-state index in [1.54, 1.807) is 0 Å². The summed E-state index contributed by atoms with van der Waals surface area (Å²) in [5, 5.41) is 10.3. The number of hydrogen-bond donors (Lipinski definition) is 1. The lowest BCUT2D eigenvalue weighted by molar-refractivity contribution is 0.170. The first-order chi connectivity index (χ1) is 9.22. The number of aryl methyl sites for hydroxylation is 1. The second-order valence-corrected chi connectivity index (χ2v) is 12.1. The first kappa shape index (κ1) is 17.0. The molecule has 0 spiro atoms. The summed E-state index contributed by atoms with van der Waals surface area (Å²) in [4.78, 5) is 0. The van der Waals surface area contributed by atoms with Crippen molar-refractivity contribution in [2.75, 3.05) is 0 Å². The molecule has 1 aromatic carbocycles. The highest BCUT2D eigenvalue weighted by molar-refractivity contribution is 6.87. The van der Waals surface area contributed by atoms with Crippen LogP contribution in [-0.2, 0) is 6.42 Å². The molecule has 0 aliphatic rings. The molecule has 1 atom stereocenters. The van der Waals surface area contributed by atoms with E-state index < -0.39 is 8.07 Å². The topological polar surface area (TPSA) is 20.2 Å². The van der Waals surface area contributed by atoms with Crippen LogP contribution in [0.15, 0.2) is 30.3 Å². The average Bonchev–Trinajstić information content (AvgIpc) is 2.36. The summed E-state index contributed by atoms with van der Waals surface area (Å²) in [5.41, 5.74) is 4.74. The number of benzene rings is 1. The van der Waals surface area contributed by atoms with Gasteiger partial charge in [0.15, 0.2) is 0 Å². The van der Waals surface area contributed by atoms with Crippen LogP contribution in [-0.4, -0.2) is 19.3 Å². The van der Waals surface area contributed by atoms with Crippen LogP contribution in [0.1, 0.15) is 39.2 Å². The standard InChI is InChI=1S/C18H28OSi/c1-18(2,3)20(4,5)15-9-12-17(19)14-13-16-10-7-6-8-11-16/h6-8,10-11,17,19H,12-14H2,1-5H3. The van der Waals surface area contributed by atoms with Gasteiger partial charge in [-0.25, -0.2) is 0 Å². The van der Waals surface area contributed by atoms with Crippen molar-refractivity contribution in [2.24, 2.45) is 0 Å². The Morgan fingerprint density at radius 2 is 1.75 bits per heavy atom. The van der Waals surface area contributed by atoms with Gasteiger partial charge >= 0.3 is 0 Å². The van der Waals surface area contributed by atoms with Crippen LogP contribution in [0.25, 0.3) is 0 Å². The third-order valence-corrected chi connectivity index (χ3v) is 8.77. The molecule has 0 amide bonds. The molecule has 0 heterocycles. The number of aliphatic hydroxyl groups excluding tert-OH is 1. The fourth-order valence-corrected chi connectivity index (χ4v) is 2.58. The molecule has 0 bridgehead atoms. The summed E-state index contributed by atoms with van der Waals surface area (Å²) in [6.45, 7) is 11.4. The molecule has 0 saturated carbocycles. The van der Waals surface area contributed by atoms with Gasteiger partial charge in [0.1, 0.15) is 8.07 Å². The smallest absolute Gasteiger partial charge is 0.137 e. The van der Waals surface area contributed by atoms with Gasteiger partial charge in [-0.2, -0.15) is 0 Å². The van der Waals surface area contributed by atoms with Gasteiger partial charge in [-0.05, 0) is 23.4 Å². The summed E-state index contributed by atoms with van der Waals surface area (Å²) >= 11 is 0. The quantitative estimate of drug-likeness (QED) is 0.642. The number of rotatable bonds is 4. The van der Waals surface area contributed by atoms with Crippen LogP contribution in [0.4, 0.5) is 0 Å². The Hall–Kier alpha value is -1.04. The van der Waals surface area contributed by atoms with E-state index in [2.05, 4.69) is 57.5 Å². The molecule has 0 saturated heterocycles. The second-order valence-electron chi connectivity index (χ2n) is 7.06. The third-order valence-electron chi connectivity index (χ3n) is 4.22. The average molecular weight is 289 g/mol. The molecule has 1 rings (SSSR count). The van der Waals surface area contributed by atoms with Crippen LogP contribution in [0.2, 0.25) is 18.1 Å². The molecule has 1 nitrogen and oxygen atoms in total. The Bertz CT molecular complexity index is 460. The first-order valence-electron chi connectivity index (χ1n) is 7.44. The van der Waals surface area contributed by atoms with Gasteiger partial charge in [-0.15, -0.1) is 11.5 Å². The minimum absolute atomic E-state index is 0.287. The maximum absolute atomic E-state index is 10.0. The summed E-state index contributed by atoms with van der Waals surface area (Å²) < 4.78 is 0. The molecule has 20 heavy (non-hydrogen) atoms. The zero-order valence-corrected chi connectivity index (χ0v) is 14.5. The molecular formula is C18H28OSi. The SMILES string of the molecule is CC(C)(C)[Si](C)(C)C#CCC(O)CCc1ccccc1. The minimum Gasteiger partial charge on any atom is -0.392 e. The first-order valence-corrected chi connectivity index (χ1v) is 10.4. The fourth-order valence-electron chi connectivity index (χ4n) is 1.66. The van der Waals surface area contributed by atoms with E-state index >= 15 is 0 Å². The third kappa shape index (κ3) is 5.52. The number of aliphatic hydroxyl groups is 1. The van der Waals surface area contributed by atoms with E-state index in [4.69, 9.17) is 0 Å². The van der Waals surface area contributed by atoms with Crippen molar-refractivity contribution < 1.29 is 5.11 Å². The molecule has 0 aliphatic carbocycles. The molecule has 0 aliphatic heterocycles. The van der Waals surface area contributed by atoms with Gasteiger partial charge in [-0.3, -0.25) is 0 Å². The monoisotopic (exact) mass is 288 g/mol. The highest BCUT2D eigenvalue weighted by atomic mass is 28.3. The zero-order valence-electron chi connectivity index (χ0n) is 13.5. The maximum atomic E-state index is 10.0. The largest absolute Gasteiger partial charge is 0.392 e. The summed E-state index contributed by atoms with van der Waals surface area (Å²) in [6, 6.07) is 10.3. The maximum Gasteiger partial charge on any atom is 0.137 e. The van der Waals surface area contributed by atoms with E-state index in [1.165, 1.54) is 5.56 Å². The lowest BCUT2D eigenvalue weighted by atomic mass is 10.1. The summed E-state index contributed by atoms with van der Waals surface area (Å²) in [6.07, 6.45) is 1.99. The van der Waals surface area contributed by atoms with Gasteiger partial charge in [0, 0.05) is 6.42 Å². The predicted molar refractivity (Wildman–Crippen MR) is 90.4 cm³/mol. The van der Waals surface area contributed by atoms with Crippen molar-refractivity contribution in [1.82, 2.24) is 0 Å². The Balaban J connectivity index is 2.43. The summed E-state index contributed by atoms with van der Waals surface area (Å²) in [7, 11) is -1.53. The fraction of sp³-hybridized carbons (Fsp3) is 0.556. The lowest BCUT2D eigenvalue weighted by Crippen LogP contribution is -2.35. The van der Waals surface area contributed by atoms with Crippen LogP contribution in [0, 0.1) is 11.5 Å². The van der Waals surface area contributed by atoms with E-state index in [1.807, 2.05) is 18.2 Å². The molecule has 0 fully saturated rings. The molecule has 0 radical (unpaired) electrons. The number of hydrogen-bond acceptors (Lipinski definition) is 1. The molecule has 1 N–H and O–H groups in total. The van der Waals surface area contributed by atoms with E-state index in [0.717, 1.165) is 12.8 Å². The van der Waals surface area contributed by atoms with Gasteiger partial charge in [0.25, 0.3) is 0 Å². The van der Waals surface area contributed by atoms with Crippen molar-refractivity contribution in [1.29, 1.82) is 0 Å². The van der Waals surface area contributed by atoms with Crippen molar-refractivity contribution in [3.8, 4) is 11.5 Å². The van der Waals surface area contributed by atoms with Crippen molar-refractivity contribution in [3.63, 3.8) is 0 Å². The van der Waals surface area contributed by atoms with Crippen LogP contribution < -0.4 is 0 Å². The van der Waals surface area contributed by atoms with Crippen molar-refractivity contribution in [3.05, 3.63) is 35.9 Å². The highest BCUT2D eigenvalue weighted by Gasteiger charge is 2.33. The van der Waals surface area contributed by atoms with Gasteiger partial charge in [-0.1, -0.05) is 64.2 Å². The Morgan fingerprint density at radius 3 is 2.30 bits per heavy atom. The van der Waals surface area contributed by atoms with E-state index in [-0.39, 0.29) is 11.1 Å². The van der Waals surface area contributed by atoms with Crippen molar-refractivity contribution in [2.45, 2.75) is 64.3 Å². The lowest BCUT2D eigenvalue weighted by Gasteiger charge is -2.31. The molecule has 1 unspecified atom stereocenters. The van der Waals surface area contributed by atoms with E-state index in [9.17, 15) is 5.11 Å². The molecule has 1 aromatic rings. The molecule has 0 aromatic heterocycles. The molecular weight excluding hydrogens is 260 g/mol. The van der Waals surface area contributed by atoms with E-state index in [0.29, 0.717) is 6.42 Å². The van der Waals surface area contributed by atoms with Crippen molar-refractivity contribution >= 4 is 8.07 Å². The van der Waals surface area contributed by atoms with Gasteiger partial charge < -0.3 is 5.11 Å².